The number of nitrogens with one attached hydrogen (secondary N) is 1. The fourth-order valence-corrected chi connectivity index (χ4v) is 2.87. The second-order valence-electron chi connectivity index (χ2n) is 5.59. The standard InChI is InChI=1S/C13H20N2O2/c1-9-5-13(6-9,8-14)12(16)15-10(2)11-3-4-17-7-11/h9-11H,3-7H2,1-2H3,(H,15,16). The van der Waals surface area contributed by atoms with Crippen molar-refractivity contribution in [2.45, 2.75) is 39.2 Å². The molecule has 1 aliphatic heterocycles. The summed E-state index contributed by atoms with van der Waals surface area (Å²) < 4.78 is 5.31. The zero-order valence-corrected chi connectivity index (χ0v) is 10.5. The number of ether oxygens (including phenoxy) is 1. The molecule has 1 saturated carbocycles. The number of carbonyl (C=O) groups is 1. The molecule has 2 atom stereocenters. The monoisotopic (exact) mass is 236 g/mol. The number of nitriles is 1. The molecule has 0 bridgehead atoms. The van der Waals surface area contributed by atoms with Gasteiger partial charge in [-0.3, -0.25) is 4.79 Å². The lowest BCUT2D eigenvalue weighted by atomic mass is 9.63. The molecule has 0 aromatic heterocycles. The molecule has 17 heavy (non-hydrogen) atoms. The number of hydrogen-bond acceptors (Lipinski definition) is 3. The second kappa shape index (κ2) is 4.66. The fourth-order valence-electron chi connectivity index (χ4n) is 2.87. The van der Waals surface area contributed by atoms with Gasteiger partial charge in [0.25, 0.3) is 0 Å². The predicted octanol–water partition coefficient (Wildman–Crippen LogP) is 1.47. The number of carbonyl (C=O) groups excluding carboxylic acids is 1. The maximum atomic E-state index is 12.1. The van der Waals surface area contributed by atoms with E-state index in [1.807, 2.05) is 6.92 Å². The predicted molar refractivity (Wildman–Crippen MR) is 63.0 cm³/mol. The lowest BCUT2D eigenvalue weighted by molar-refractivity contribution is -0.135. The van der Waals surface area contributed by atoms with Crippen molar-refractivity contribution in [3.05, 3.63) is 0 Å². The quantitative estimate of drug-likeness (QED) is 0.807. The van der Waals surface area contributed by atoms with Gasteiger partial charge in [0.1, 0.15) is 5.41 Å². The van der Waals surface area contributed by atoms with E-state index in [0.29, 0.717) is 24.7 Å². The van der Waals surface area contributed by atoms with Crippen molar-refractivity contribution in [2.24, 2.45) is 17.3 Å². The van der Waals surface area contributed by atoms with Crippen LogP contribution in [-0.4, -0.2) is 25.2 Å². The van der Waals surface area contributed by atoms with E-state index < -0.39 is 5.41 Å². The number of rotatable bonds is 3. The average Bonchev–Trinajstić information content (AvgIpc) is 2.77. The molecule has 1 saturated heterocycles. The molecule has 4 heteroatoms. The molecule has 4 nitrogen and oxygen atoms in total. The van der Waals surface area contributed by atoms with Crippen LogP contribution in [0.15, 0.2) is 0 Å². The summed E-state index contributed by atoms with van der Waals surface area (Å²) in [5.41, 5.74) is -0.757. The normalized spacial score (nSPS) is 37.9. The molecule has 0 aromatic carbocycles. The number of hydrogen-bond donors (Lipinski definition) is 1. The molecule has 94 valence electrons. The van der Waals surface area contributed by atoms with Crippen LogP contribution in [-0.2, 0) is 9.53 Å². The molecule has 2 fully saturated rings. The lowest BCUT2D eigenvalue weighted by Gasteiger charge is -2.40. The maximum Gasteiger partial charge on any atom is 0.240 e. The molecular weight excluding hydrogens is 216 g/mol. The second-order valence-corrected chi connectivity index (χ2v) is 5.59. The minimum Gasteiger partial charge on any atom is -0.381 e. The van der Waals surface area contributed by atoms with Crippen LogP contribution in [0.3, 0.4) is 0 Å². The molecule has 2 aliphatic rings. The van der Waals surface area contributed by atoms with E-state index in [9.17, 15) is 4.79 Å². The maximum absolute atomic E-state index is 12.1. The molecule has 0 radical (unpaired) electrons. The van der Waals surface area contributed by atoms with Gasteiger partial charge in [0.05, 0.1) is 12.7 Å². The summed E-state index contributed by atoms with van der Waals surface area (Å²) in [5.74, 6) is 0.801. The largest absolute Gasteiger partial charge is 0.381 e. The smallest absolute Gasteiger partial charge is 0.240 e. The minimum absolute atomic E-state index is 0.0856. The van der Waals surface area contributed by atoms with Gasteiger partial charge in [-0.15, -0.1) is 0 Å². The van der Waals surface area contributed by atoms with Gasteiger partial charge in [-0.1, -0.05) is 6.92 Å². The molecule has 0 aromatic rings. The van der Waals surface area contributed by atoms with Crippen molar-refractivity contribution in [1.29, 1.82) is 5.26 Å². The highest BCUT2D eigenvalue weighted by atomic mass is 16.5. The summed E-state index contributed by atoms with van der Waals surface area (Å²) >= 11 is 0. The summed E-state index contributed by atoms with van der Waals surface area (Å²) in [7, 11) is 0. The van der Waals surface area contributed by atoms with E-state index in [4.69, 9.17) is 10.00 Å². The molecule has 0 spiro atoms. The molecule has 1 heterocycles. The average molecular weight is 236 g/mol. The van der Waals surface area contributed by atoms with Gasteiger partial charge >= 0.3 is 0 Å². The Morgan fingerprint density at radius 2 is 2.29 bits per heavy atom. The van der Waals surface area contributed by atoms with Crippen LogP contribution < -0.4 is 5.32 Å². The van der Waals surface area contributed by atoms with E-state index in [1.54, 1.807) is 0 Å². The Balaban J connectivity index is 1.90. The van der Waals surface area contributed by atoms with Crippen molar-refractivity contribution in [3.63, 3.8) is 0 Å². The Bertz CT molecular complexity index is 336. The van der Waals surface area contributed by atoms with Crippen molar-refractivity contribution >= 4 is 5.91 Å². The molecule has 1 aliphatic carbocycles. The van der Waals surface area contributed by atoms with E-state index in [1.165, 1.54) is 0 Å². The van der Waals surface area contributed by atoms with Crippen LogP contribution in [0.25, 0.3) is 0 Å². The topological polar surface area (TPSA) is 62.1 Å². The Labute approximate surface area is 102 Å². The Morgan fingerprint density at radius 1 is 1.59 bits per heavy atom. The molecule has 2 rings (SSSR count). The van der Waals surface area contributed by atoms with Gasteiger partial charge in [-0.25, -0.2) is 0 Å². The third kappa shape index (κ3) is 2.30. The van der Waals surface area contributed by atoms with Gasteiger partial charge in [0.15, 0.2) is 0 Å². The highest BCUT2D eigenvalue weighted by Gasteiger charge is 2.49. The first-order valence-electron chi connectivity index (χ1n) is 6.37. The van der Waals surface area contributed by atoms with E-state index in [-0.39, 0.29) is 11.9 Å². The zero-order valence-electron chi connectivity index (χ0n) is 10.5. The summed E-state index contributed by atoms with van der Waals surface area (Å²) in [4.78, 5) is 12.1. The van der Waals surface area contributed by atoms with Crippen LogP contribution in [0.2, 0.25) is 0 Å². The van der Waals surface area contributed by atoms with Crippen LogP contribution in [0.1, 0.15) is 33.1 Å². The van der Waals surface area contributed by atoms with Crippen LogP contribution in [0.5, 0.6) is 0 Å². The molecule has 2 unspecified atom stereocenters. The zero-order chi connectivity index (χ0) is 12.5. The van der Waals surface area contributed by atoms with Crippen LogP contribution in [0.4, 0.5) is 0 Å². The van der Waals surface area contributed by atoms with E-state index in [0.717, 1.165) is 19.6 Å². The fraction of sp³-hybridized carbons (Fsp3) is 0.846. The Hall–Kier alpha value is -1.08. The van der Waals surface area contributed by atoms with Crippen molar-refractivity contribution in [3.8, 4) is 6.07 Å². The molecule has 1 N–H and O–H groups in total. The number of nitrogens with zero attached hydrogens (tertiary/aromatic N) is 1. The highest BCUT2D eigenvalue weighted by molar-refractivity contribution is 5.86. The summed E-state index contributed by atoms with van der Waals surface area (Å²) in [6, 6.07) is 2.30. The van der Waals surface area contributed by atoms with E-state index in [2.05, 4.69) is 18.3 Å². The van der Waals surface area contributed by atoms with Gasteiger partial charge in [-0.05, 0) is 32.1 Å². The Morgan fingerprint density at radius 3 is 2.76 bits per heavy atom. The van der Waals surface area contributed by atoms with Gasteiger partial charge in [0, 0.05) is 18.6 Å². The highest BCUT2D eigenvalue weighted by Crippen LogP contribution is 2.45. The minimum atomic E-state index is -0.757. The van der Waals surface area contributed by atoms with Crippen molar-refractivity contribution < 1.29 is 9.53 Å². The first-order valence-corrected chi connectivity index (χ1v) is 6.37. The third-order valence-electron chi connectivity index (χ3n) is 4.07. The van der Waals surface area contributed by atoms with E-state index >= 15 is 0 Å². The van der Waals surface area contributed by atoms with Crippen molar-refractivity contribution in [1.82, 2.24) is 5.32 Å². The lowest BCUT2D eigenvalue weighted by Crippen LogP contribution is -2.51. The van der Waals surface area contributed by atoms with Gasteiger partial charge in [-0.2, -0.15) is 5.26 Å². The SMILES string of the molecule is CC1CC(C#N)(C(=O)NC(C)C2CCOC2)C1. The van der Waals surface area contributed by atoms with Crippen LogP contribution in [0, 0.1) is 28.6 Å². The summed E-state index contributed by atoms with van der Waals surface area (Å²) in [6.07, 6.45) is 2.39. The third-order valence-corrected chi connectivity index (χ3v) is 4.07. The summed E-state index contributed by atoms with van der Waals surface area (Å²) in [6.45, 7) is 5.59. The van der Waals surface area contributed by atoms with Crippen LogP contribution >= 0.6 is 0 Å². The Kier molecular flexibility index (Phi) is 3.39. The first-order chi connectivity index (χ1) is 8.07. The molecular formula is C13H20N2O2. The summed E-state index contributed by atoms with van der Waals surface area (Å²) in [5, 5.41) is 12.2. The van der Waals surface area contributed by atoms with Gasteiger partial charge in [0.2, 0.25) is 5.91 Å². The van der Waals surface area contributed by atoms with Gasteiger partial charge < -0.3 is 10.1 Å². The first kappa shape index (κ1) is 12.4. The molecule has 1 amide bonds. The number of amides is 1. The van der Waals surface area contributed by atoms with Crippen molar-refractivity contribution in [2.75, 3.05) is 13.2 Å².